The minimum absolute atomic E-state index is 0.0274. The molecule has 1 heterocycles. The van der Waals surface area contributed by atoms with Gasteiger partial charge in [0.15, 0.2) is 0 Å². The van der Waals surface area contributed by atoms with Gasteiger partial charge in [0.25, 0.3) is 0 Å². The quantitative estimate of drug-likeness (QED) is 0.725. The van der Waals surface area contributed by atoms with E-state index in [0.717, 1.165) is 18.1 Å². The van der Waals surface area contributed by atoms with Gasteiger partial charge in [-0.2, -0.15) is 0 Å². The molecule has 0 bridgehead atoms. The number of nitrogens with zero attached hydrogens (tertiary/aromatic N) is 1. The Labute approximate surface area is 122 Å². The summed E-state index contributed by atoms with van der Waals surface area (Å²) in [4.78, 5) is 4.49. The second kappa shape index (κ2) is 8.89. The Bertz CT molecular complexity index is 397. The molecular formula is C15H27N3O2. The monoisotopic (exact) mass is 281 g/mol. The number of rotatable bonds is 9. The molecule has 20 heavy (non-hydrogen) atoms. The van der Waals surface area contributed by atoms with Crippen molar-refractivity contribution in [1.29, 1.82) is 0 Å². The lowest BCUT2D eigenvalue weighted by Crippen LogP contribution is -2.27. The van der Waals surface area contributed by atoms with Crippen LogP contribution in [0.5, 0.6) is 0 Å². The second-order valence-electron chi connectivity index (χ2n) is 5.23. The van der Waals surface area contributed by atoms with Crippen molar-refractivity contribution in [1.82, 2.24) is 10.3 Å². The molecule has 1 unspecified atom stereocenters. The summed E-state index contributed by atoms with van der Waals surface area (Å²) in [5, 5.41) is 6.72. The molecule has 0 spiro atoms. The lowest BCUT2D eigenvalue weighted by atomic mass is 10.2. The number of pyridine rings is 1. The van der Waals surface area contributed by atoms with Crippen molar-refractivity contribution in [3.05, 3.63) is 23.4 Å². The minimum Gasteiger partial charge on any atom is -0.382 e. The molecule has 0 aliphatic heterocycles. The molecule has 0 amide bonds. The van der Waals surface area contributed by atoms with Crippen molar-refractivity contribution >= 4 is 5.82 Å². The minimum atomic E-state index is 0.0274. The van der Waals surface area contributed by atoms with E-state index in [0.29, 0.717) is 19.2 Å². The van der Waals surface area contributed by atoms with Gasteiger partial charge in [-0.3, -0.25) is 0 Å². The first-order valence-corrected chi connectivity index (χ1v) is 7.01. The summed E-state index contributed by atoms with van der Waals surface area (Å²) in [7, 11) is 3.36. The Balaban J connectivity index is 2.60. The predicted octanol–water partition coefficient (Wildman–Crippen LogP) is 1.96. The number of aromatic nitrogens is 1. The molecule has 1 aromatic rings. The molecule has 1 atom stereocenters. The molecule has 0 fully saturated rings. The van der Waals surface area contributed by atoms with E-state index >= 15 is 0 Å². The number of nitrogens with one attached hydrogen (secondary N) is 2. The molecule has 1 aromatic heterocycles. The zero-order valence-corrected chi connectivity index (χ0v) is 13.2. The van der Waals surface area contributed by atoms with Crippen LogP contribution in [-0.4, -0.2) is 44.5 Å². The van der Waals surface area contributed by atoms with Gasteiger partial charge in [0.2, 0.25) is 0 Å². The maximum absolute atomic E-state index is 5.32. The van der Waals surface area contributed by atoms with E-state index in [2.05, 4.69) is 41.6 Å². The summed E-state index contributed by atoms with van der Waals surface area (Å²) in [6.07, 6.45) is 0.0274. The third kappa shape index (κ3) is 6.32. The van der Waals surface area contributed by atoms with Gasteiger partial charge in [-0.1, -0.05) is 13.8 Å². The number of ether oxygens (including phenoxy) is 2. The SMILES string of the molecule is COCC(CNc1cc(CNC(C)C)cc(C)n1)OC. The van der Waals surface area contributed by atoms with Gasteiger partial charge in [-0.15, -0.1) is 0 Å². The summed E-state index contributed by atoms with van der Waals surface area (Å²) in [5.74, 6) is 0.878. The second-order valence-corrected chi connectivity index (χ2v) is 5.23. The largest absolute Gasteiger partial charge is 0.382 e. The highest BCUT2D eigenvalue weighted by Crippen LogP contribution is 2.10. The topological polar surface area (TPSA) is 55.4 Å². The fourth-order valence-corrected chi connectivity index (χ4v) is 1.87. The van der Waals surface area contributed by atoms with Crippen molar-refractivity contribution < 1.29 is 9.47 Å². The lowest BCUT2D eigenvalue weighted by Gasteiger charge is -2.16. The van der Waals surface area contributed by atoms with Crippen LogP contribution in [0.15, 0.2) is 12.1 Å². The molecule has 1 rings (SSSR count). The van der Waals surface area contributed by atoms with Crippen molar-refractivity contribution in [2.24, 2.45) is 0 Å². The molecule has 2 N–H and O–H groups in total. The van der Waals surface area contributed by atoms with Gasteiger partial charge in [-0.05, 0) is 24.6 Å². The molecule has 0 saturated carbocycles. The van der Waals surface area contributed by atoms with Crippen molar-refractivity contribution in [2.45, 2.75) is 39.5 Å². The van der Waals surface area contributed by atoms with Crippen LogP contribution in [0.1, 0.15) is 25.1 Å². The van der Waals surface area contributed by atoms with Gasteiger partial charge in [0, 0.05) is 39.0 Å². The average Bonchev–Trinajstić information content (AvgIpc) is 2.40. The standard InChI is InChI=1S/C15H27N3O2/c1-11(2)16-8-13-6-12(3)18-15(7-13)17-9-14(20-5)10-19-4/h6-7,11,14,16H,8-10H2,1-5H3,(H,17,18). The van der Waals surface area contributed by atoms with Gasteiger partial charge < -0.3 is 20.1 Å². The van der Waals surface area contributed by atoms with Crippen LogP contribution in [0.2, 0.25) is 0 Å². The fourth-order valence-electron chi connectivity index (χ4n) is 1.87. The molecule has 5 heteroatoms. The van der Waals surface area contributed by atoms with Crippen LogP contribution in [0, 0.1) is 6.92 Å². The predicted molar refractivity (Wildman–Crippen MR) is 82.1 cm³/mol. The Morgan fingerprint density at radius 2 is 2.00 bits per heavy atom. The van der Waals surface area contributed by atoms with Gasteiger partial charge in [-0.25, -0.2) is 4.98 Å². The van der Waals surface area contributed by atoms with Gasteiger partial charge >= 0.3 is 0 Å². The summed E-state index contributed by atoms with van der Waals surface area (Å²) in [6, 6.07) is 4.64. The molecule has 0 aliphatic rings. The molecule has 114 valence electrons. The van der Waals surface area contributed by atoms with Crippen LogP contribution in [0.4, 0.5) is 5.82 Å². The van der Waals surface area contributed by atoms with Crippen LogP contribution >= 0.6 is 0 Å². The van der Waals surface area contributed by atoms with Crippen molar-refractivity contribution in [3.8, 4) is 0 Å². The average molecular weight is 281 g/mol. The first-order chi connectivity index (χ1) is 9.55. The smallest absolute Gasteiger partial charge is 0.126 e. The van der Waals surface area contributed by atoms with Gasteiger partial charge in [0.1, 0.15) is 5.82 Å². The van der Waals surface area contributed by atoms with E-state index in [-0.39, 0.29) is 6.10 Å². The third-order valence-corrected chi connectivity index (χ3v) is 2.92. The summed E-state index contributed by atoms with van der Waals surface area (Å²) in [5.41, 5.74) is 2.24. The van der Waals surface area contributed by atoms with E-state index < -0.39 is 0 Å². The maximum Gasteiger partial charge on any atom is 0.126 e. The number of aryl methyl sites for hydroxylation is 1. The van der Waals surface area contributed by atoms with Crippen LogP contribution in [0.25, 0.3) is 0 Å². The van der Waals surface area contributed by atoms with E-state index in [1.54, 1.807) is 14.2 Å². The third-order valence-electron chi connectivity index (χ3n) is 2.92. The van der Waals surface area contributed by atoms with Gasteiger partial charge in [0.05, 0.1) is 12.7 Å². The fraction of sp³-hybridized carbons (Fsp3) is 0.667. The normalized spacial score (nSPS) is 12.7. The summed E-state index contributed by atoms with van der Waals surface area (Å²) in [6.45, 7) is 8.38. The summed E-state index contributed by atoms with van der Waals surface area (Å²) < 4.78 is 10.4. The first kappa shape index (κ1) is 16.9. The van der Waals surface area contributed by atoms with Crippen LogP contribution < -0.4 is 10.6 Å². The Morgan fingerprint density at radius 1 is 1.25 bits per heavy atom. The summed E-state index contributed by atoms with van der Waals surface area (Å²) >= 11 is 0. The van der Waals surface area contributed by atoms with Crippen LogP contribution in [-0.2, 0) is 16.0 Å². The zero-order chi connectivity index (χ0) is 15.0. The molecule has 0 aliphatic carbocycles. The molecule has 5 nitrogen and oxygen atoms in total. The first-order valence-electron chi connectivity index (χ1n) is 7.01. The molecule has 0 radical (unpaired) electrons. The van der Waals surface area contributed by atoms with E-state index in [9.17, 15) is 0 Å². The molecule has 0 saturated heterocycles. The highest BCUT2D eigenvalue weighted by Gasteiger charge is 2.07. The zero-order valence-electron chi connectivity index (χ0n) is 13.2. The number of anilines is 1. The van der Waals surface area contributed by atoms with Crippen LogP contribution in [0.3, 0.4) is 0 Å². The molecule has 0 aromatic carbocycles. The molecular weight excluding hydrogens is 254 g/mol. The van der Waals surface area contributed by atoms with Crippen molar-refractivity contribution in [3.63, 3.8) is 0 Å². The van der Waals surface area contributed by atoms with E-state index in [1.165, 1.54) is 5.56 Å². The van der Waals surface area contributed by atoms with Crippen molar-refractivity contribution in [2.75, 3.05) is 32.7 Å². The Kier molecular flexibility index (Phi) is 7.51. The Hall–Kier alpha value is -1.17. The number of hydrogen-bond donors (Lipinski definition) is 2. The number of methoxy groups -OCH3 is 2. The lowest BCUT2D eigenvalue weighted by molar-refractivity contribution is 0.0365. The van der Waals surface area contributed by atoms with E-state index in [4.69, 9.17) is 9.47 Å². The highest BCUT2D eigenvalue weighted by atomic mass is 16.5. The van der Waals surface area contributed by atoms with E-state index in [1.807, 2.05) is 6.92 Å². The highest BCUT2D eigenvalue weighted by molar-refractivity contribution is 5.39. The maximum atomic E-state index is 5.32. The Morgan fingerprint density at radius 3 is 2.60 bits per heavy atom. The number of hydrogen-bond acceptors (Lipinski definition) is 5.